The number of hydrogen-bond donors (Lipinski definition) is 7. The van der Waals surface area contributed by atoms with Crippen molar-refractivity contribution < 1.29 is 40.1 Å². The Bertz CT molecular complexity index is 1880. The summed E-state index contributed by atoms with van der Waals surface area (Å²) in [6.45, 7) is 9.93. The molecule has 0 spiro atoms. The highest BCUT2D eigenvalue weighted by Crippen LogP contribution is 2.46. The predicted octanol–water partition coefficient (Wildman–Crippen LogP) is 3.64. The summed E-state index contributed by atoms with van der Waals surface area (Å²) in [5.41, 5.74) is 13.3. The Hall–Kier alpha value is -3.75. The smallest absolute Gasteiger partial charge is 0.186 e. The van der Waals surface area contributed by atoms with Crippen LogP contribution in [-0.4, -0.2) is 98.3 Å². The number of hydrogen-bond acceptors (Lipinski definition) is 12. The first kappa shape index (κ1) is 35.6. The molecule has 0 amide bonds. The Morgan fingerprint density at radius 2 is 1.59 bits per heavy atom. The molecule has 8 bridgehead atoms. The number of aliphatic hydroxyl groups excluding tert-OH is 6. The molecule has 6 heterocycles. The zero-order valence-corrected chi connectivity index (χ0v) is 29.8. The summed E-state index contributed by atoms with van der Waals surface area (Å²) >= 11 is 0. The van der Waals surface area contributed by atoms with Crippen LogP contribution in [0.2, 0.25) is 0 Å². The van der Waals surface area contributed by atoms with Gasteiger partial charge < -0.3 is 45.4 Å². The Morgan fingerprint density at radius 1 is 0.882 bits per heavy atom. The molecule has 0 aromatic heterocycles. The lowest BCUT2D eigenvalue weighted by Gasteiger charge is -2.39. The summed E-state index contributed by atoms with van der Waals surface area (Å²) in [4.78, 5) is 15.2. The summed E-state index contributed by atoms with van der Waals surface area (Å²) in [7, 11) is 0. The number of unbranched alkanes of at least 4 members (excludes halogenated alkanes) is 1. The van der Waals surface area contributed by atoms with Crippen molar-refractivity contribution in [2.45, 2.75) is 97.4 Å². The van der Waals surface area contributed by atoms with Gasteiger partial charge in [0, 0.05) is 53.0 Å². The Labute approximate surface area is 297 Å². The van der Waals surface area contributed by atoms with Crippen molar-refractivity contribution in [3.8, 4) is 0 Å². The number of fused-ring (bicyclic) bond motifs is 5. The molecule has 12 heteroatoms. The van der Waals surface area contributed by atoms with E-state index in [-0.39, 0.29) is 25.0 Å². The van der Waals surface area contributed by atoms with Gasteiger partial charge in [0.15, 0.2) is 6.29 Å². The number of allylic oxidation sites excluding steroid dienone is 11. The molecule has 0 aromatic rings. The second kappa shape index (κ2) is 14.0. The summed E-state index contributed by atoms with van der Waals surface area (Å²) in [6.07, 6.45) is 2.85. The van der Waals surface area contributed by atoms with Gasteiger partial charge in [0.1, 0.15) is 30.2 Å². The van der Waals surface area contributed by atoms with Crippen molar-refractivity contribution in [3.63, 3.8) is 0 Å². The standard InChI is InChI=1S/C39H48N4O8/c1-6-21-17(2)26-13-30-24(15-44)19(4)25(41-30)12-27-18(3)22(9-7-8-10-50-39-38(49)37(48)36(47)32(16-45)51-39)34(42-27)23-11-31(46)33-20(5)28(43-35(23)33)14-29(21)40-26/h12-14,18,22,32,36-39,42,44-49H,6-11,15-16H2,1-5H3/t18-,22-,32+,36-,37-,38+,39+/m0/s1. The van der Waals surface area contributed by atoms with Crippen LogP contribution < -0.4 is 5.32 Å². The highest BCUT2D eigenvalue weighted by Gasteiger charge is 2.44. The molecular weight excluding hydrogens is 652 g/mol. The lowest BCUT2D eigenvalue weighted by Crippen LogP contribution is -2.59. The summed E-state index contributed by atoms with van der Waals surface area (Å²) < 4.78 is 11.3. The maximum Gasteiger partial charge on any atom is 0.186 e. The van der Waals surface area contributed by atoms with Crippen molar-refractivity contribution in [2.75, 3.05) is 19.8 Å². The van der Waals surface area contributed by atoms with E-state index in [0.717, 1.165) is 98.2 Å². The number of nitrogens with zero attached hydrogens (tertiary/aromatic N) is 3. The van der Waals surface area contributed by atoms with E-state index in [9.17, 15) is 30.6 Å². The molecule has 272 valence electrons. The van der Waals surface area contributed by atoms with Crippen LogP contribution in [0, 0.1) is 11.8 Å². The van der Waals surface area contributed by atoms with Crippen molar-refractivity contribution >= 4 is 17.1 Å². The molecule has 0 aromatic carbocycles. The number of ether oxygens (including phenoxy) is 2. The van der Waals surface area contributed by atoms with Gasteiger partial charge in [0.2, 0.25) is 0 Å². The number of aliphatic hydroxyl groups is 6. The van der Waals surface area contributed by atoms with E-state index in [1.54, 1.807) is 0 Å². The monoisotopic (exact) mass is 700 g/mol. The first-order valence-electron chi connectivity index (χ1n) is 18.0. The third kappa shape index (κ3) is 6.06. The van der Waals surface area contributed by atoms with Crippen molar-refractivity contribution in [1.82, 2.24) is 5.32 Å². The minimum absolute atomic E-state index is 0.0595. The van der Waals surface area contributed by atoms with Crippen LogP contribution in [-0.2, 0) is 9.47 Å². The fourth-order valence-corrected chi connectivity index (χ4v) is 8.23. The molecule has 51 heavy (non-hydrogen) atoms. The van der Waals surface area contributed by atoms with Crippen LogP contribution >= 0.6 is 0 Å². The lowest BCUT2D eigenvalue weighted by molar-refractivity contribution is -0.301. The van der Waals surface area contributed by atoms with E-state index in [2.05, 4.69) is 32.2 Å². The zero-order valence-electron chi connectivity index (χ0n) is 29.8. The van der Waals surface area contributed by atoms with Crippen LogP contribution in [0.1, 0.15) is 66.7 Å². The summed E-state index contributed by atoms with van der Waals surface area (Å²) in [5.74, 6) is 0.431. The average molecular weight is 701 g/mol. The minimum Gasteiger partial charge on any atom is -0.511 e. The van der Waals surface area contributed by atoms with Gasteiger partial charge >= 0.3 is 0 Å². The summed E-state index contributed by atoms with van der Waals surface area (Å²) in [5, 5.41) is 65.6. The van der Waals surface area contributed by atoms with Gasteiger partial charge in [0.05, 0.1) is 47.4 Å². The second-order valence-corrected chi connectivity index (χ2v) is 14.3. The first-order valence-corrected chi connectivity index (χ1v) is 18.0. The topological polar surface area (TPSA) is 189 Å². The molecule has 1 aliphatic carbocycles. The highest BCUT2D eigenvalue weighted by molar-refractivity contribution is 6.21. The van der Waals surface area contributed by atoms with E-state index in [1.807, 2.05) is 26.0 Å². The molecule has 2 saturated heterocycles. The molecule has 12 nitrogen and oxygen atoms in total. The van der Waals surface area contributed by atoms with E-state index in [4.69, 9.17) is 24.5 Å². The van der Waals surface area contributed by atoms with Crippen LogP contribution in [0.15, 0.2) is 106 Å². The quantitative estimate of drug-likeness (QED) is 0.176. The van der Waals surface area contributed by atoms with Crippen LogP contribution in [0.4, 0.5) is 0 Å². The van der Waals surface area contributed by atoms with E-state index in [1.165, 1.54) is 0 Å². The molecule has 7 N–H and O–H groups in total. The molecule has 0 saturated carbocycles. The van der Waals surface area contributed by atoms with Crippen LogP contribution in [0.3, 0.4) is 0 Å². The fourth-order valence-electron chi connectivity index (χ4n) is 8.23. The predicted molar refractivity (Wildman–Crippen MR) is 193 cm³/mol. The highest BCUT2D eigenvalue weighted by atomic mass is 16.7. The lowest BCUT2D eigenvalue weighted by atomic mass is 9.85. The molecular formula is C39H48N4O8. The SMILES string of the molecule is CCC1=C(C)C2=NC1=CC1=C(C)C3=C(O)CC(=C4NC(=CC5=NC(=C2)C(CO)=C5C)[C@@H](C)[C@@H]4CCCCO[C@@H]2O[C@H](CO)[C@H](O)[C@H](O)[C@H]2O)C3=N1. The van der Waals surface area contributed by atoms with Crippen LogP contribution in [0.5, 0.6) is 0 Å². The zero-order chi connectivity index (χ0) is 36.3. The largest absolute Gasteiger partial charge is 0.511 e. The Kier molecular flexibility index (Phi) is 9.78. The van der Waals surface area contributed by atoms with Gasteiger partial charge in [-0.3, -0.25) is 0 Å². The number of rotatable bonds is 9. The second-order valence-electron chi connectivity index (χ2n) is 14.3. The maximum absolute atomic E-state index is 11.3. The van der Waals surface area contributed by atoms with Gasteiger partial charge in [-0.25, -0.2) is 15.0 Å². The van der Waals surface area contributed by atoms with Crippen molar-refractivity contribution in [3.05, 3.63) is 91.5 Å². The number of aliphatic imine (C=N–C) groups is 3. The van der Waals surface area contributed by atoms with Gasteiger partial charge in [0.25, 0.3) is 0 Å². The third-order valence-corrected chi connectivity index (χ3v) is 11.4. The number of nitrogens with one attached hydrogen (secondary N) is 1. The summed E-state index contributed by atoms with van der Waals surface area (Å²) in [6, 6.07) is 0. The van der Waals surface area contributed by atoms with Crippen LogP contribution in [0.25, 0.3) is 0 Å². The van der Waals surface area contributed by atoms with Gasteiger partial charge in [-0.2, -0.15) is 0 Å². The fraction of sp³-hybridized carbons (Fsp3) is 0.513. The third-order valence-electron chi connectivity index (χ3n) is 11.4. The molecule has 7 aliphatic rings. The van der Waals surface area contributed by atoms with Gasteiger partial charge in [-0.15, -0.1) is 0 Å². The van der Waals surface area contributed by atoms with Crippen molar-refractivity contribution in [1.29, 1.82) is 0 Å². The van der Waals surface area contributed by atoms with Gasteiger partial charge in [-0.05, 0) is 80.6 Å². The minimum atomic E-state index is -1.49. The van der Waals surface area contributed by atoms with E-state index in [0.29, 0.717) is 24.3 Å². The molecule has 0 radical (unpaired) electrons. The molecule has 0 unspecified atom stereocenters. The average Bonchev–Trinajstić information content (AvgIpc) is 3.86. The Balaban J connectivity index is 1.21. The molecule has 7 rings (SSSR count). The van der Waals surface area contributed by atoms with E-state index >= 15 is 0 Å². The molecule has 2 fully saturated rings. The molecule has 7 atom stereocenters. The van der Waals surface area contributed by atoms with Crippen molar-refractivity contribution in [2.24, 2.45) is 26.8 Å². The molecule has 6 aliphatic heterocycles. The normalized spacial score (nSPS) is 31.8. The maximum atomic E-state index is 11.3. The van der Waals surface area contributed by atoms with E-state index < -0.39 is 37.3 Å². The van der Waals surface area contributed by atoms with Gasteiger partial charge in [-0.1, -0.05) is 20.3 Å². The first-order chi connectivity index (χ1) is 24.5. The Morgan fingerprint density at radius 3 is 2.29 bits per heavy atom.